The highest BCUT2D eigenvalue weighted by Gasteiger charge is 2.36. The molecule has 0 aromatic rings. The quantitative estimate of drug-likeness (QED) is 0.478. The zero-order valence-electron chi connectivity index (χ0n) is 12.2. The van der Waals surface area contributed by atoms with Crippen LogP contribution in [0.1, 0.15) is 53.9 Å². The number of hydrogen-bond donors (Lipinski definition) is 1. The van der Waals surface area contributed by atoms with E-state index in [1.807, 2.05) is 32.6 Å². The monoisotopic (exact) mass is 254 g/mol. The highest BCUT2D eigenvalue weighted by molar-refractivity contribution is 5.88. The second-order valence-electron chi connectivity index (χ2n) is 6.08. The van der Waals surface area contributed by atoms with Gasteiger partial charge in [-0.1, -0.05) is 13.8 Å². The third-order valence-electron chi connectivity index (χ3n) is 3.32. The van der Waals surface area contributed by atoms with Crippen LogP contribution in [0.2, 0.25) is 0 Å². The van der Waals surface area contributed by atoms with E-state index < -0.39 is 5.60 Å². The molecule has 0 bridgehead atoms. The van der Waals surface area contributed by atoms with Crippen molar-refractivity contribution in [3.8, 4) is 0 Å². The summed E-state index contributed by atoms with van der Waals surface area (Å²) in [7, 11) is 0. The van der Waals surface area contributed by atoms with E-state index in [4.69, 9.17) is 10.1 Å². The van der Waals surface area contributed by atoms with Crippen LogP contribution in [0.5, 0.6) is 0 Å². The van der Waals surface area contributed by atoms with Gasteiger partial charge in [-0.3, -0.25) is 5.41 Å². The molecule has 104 valence electrons. The third kappa shape index (κ3) is 3.72. The number of hydrogen-bond acceptors (Lipinski definition) is 3. The summed E-state index contributed by atoms with van der Waals surface area (Å²) >= 11 is 0. The van der Waals surface area contributed by atoms with Crippen LogP contribution in [0.3, 0.4) is 0 Å². The van der Waals surface area contributed by atoms with Crippen LogP contribution in [0.4, 0.5) is 0 Å². The summed E-state index contributed by atoms with van der Waals surface area (Å²) in [5.41, 5.74) is -0.454. The van der Waals surface area contributed by atoms with Crippen LogP contribution in [-0.4, -0.2) is 34.9 Å². The zero-order chi connectivity index (χ0) is 13.9. The molecule has 1 rings (SSSR count). The Balaban J connectivity index is 2.70. The minimum Gasteiger partial charge on any atom is -0.458 e. The topological polar surface area (TPSA) is 53.4 Å². The van der Waals surface area contributed by atoms with Gasteiger partial charge >= 0.3 is 5.97 Å². The number of nitrogens with zero attached hydrogens (tertiary/aromatic N) is 1. The molecule has 0 saturated carbocycles. The predicted octanol–water partition coefficient (Wildman–Crippen LogP) is 2.82. The van der Waals surface area contributed by atoms with Crippen molar-refractivity contribution in [1.29, 1.82) is 5.41 Å². The molecule has 0 radical (unpaired) electrons. The fourth-order valence-corrected chi connectivity index (χ4v) is 2.15. The molecular weight excluding hydrogens is 228 g/mol. The van der Waals surface area contributed by atoms with Crippen molar-refractivity contribution < 1.29 is 9.53 Å². The van der Waals surface area contributed by atoms with E-state index in [9.17, 15) is 4.79 Å². The van der Waals surface area contributed by atoms with Crippen LogP contribution in [-0.2, 0) is 9.53 Å². The molecule has 2 atom stereocenters. The lowest BCUT2D eigenvalue weighted by Crippen LogP contribution is -2.45. The maximum Gasteiger partial charge on any atom is 0.329 e. The lowest BCUT2D eigenvalue weighted by atomic mass is 10.1. The third-order valence-corrected chi connectivity index (χ3v) is 3.32. The van der Waals surface area contributed by atoms with Crippen molar-refractivity contribution in [1.82, 2.24) is 4.90 Å². The molecule has 1 aliphatic rings. The first-order valence-corrected chi connectivity index (χ1v) is 6.84. The molecule has 0 aromatic heterocycles. The first kappa shape index (κ1) is 15.0. The van der Waals surface area contributed by atoms with Gasteiger partial charge < -0.3 is 9.64 Å². The Bertz CT molecular complexity index is 320. The van der Waals surface area contributed by atoms with Crippen LogP contribution >= 0.6 is 0 Å². The van der Waals surface area contributed by atoms with Gasteiger partial charge in [-0.25, -0.2) is 4.79 Å². The Hall–Kier alpha value is -1.06. The number of nitrogens with one attached hydrogen (secondary N) is 1. The Morgan fingerprint density at radius 3 is 2.61 bits per heavy atom. The molecule has 18 heavy (non-hydrogen) atoms. The molecule has 1 saturated heterocycles. The van der Waals surface area contributed by atoms with Gasteiger partial charge in [0.05, 0.1) is 5.84 Å². The highest BCUT2D eigenvalue weighted by atomic mass is 16.6. The van der Waals surface area contributed by atoms with E-state index in [-0.39, 0.29) is 17.9 Å². The number of carbonyl (C=O) groups is 1. The SMILES string of the molecule is CCC(C)C(=N)N1CCCC1C(=O)OC(C)(C)C. The van der Waals surface area contributed by atoms with Gasteiger partial charge in [-0.15, -0.1) is 0 Å². The predicted molar refractivity (Wildman–Crippen MR) is 72.8 cm³/mol. The number of amidine groups is 1. The summed E-state index contributed by atoms with van der Waals surface area (Å²) < 4.78 is 5.44. The second-order valence-corrected chi connectivity index (χ2v) is 6.08. The minimum atomic E-state index is -0.454. The average molecular weight is 254 g/mol. The first-order chi connectivity index (χ1) is 8.26. The largest absolute Gasteiger partial charge is 0.458 e. The molecule has 1 heterocycles. The van der Waals surface area contributed by atoms with Crippen LogP contribution in [0, 0.1) is 11.3 Å². The Morgan fingerprint density at radius 2 is 2.11 bits per heavy atom. The number of likely N-dealkylation sites (tertiary alicyclic amines) is 1. The Kier molecular flexibility index (Phi) is 4.77. The fraction of sp³-hybridized carbons (Fsp3) is 0.857. The Labute approximate surface area is 110 Å². The summed E-state index contributed by atoms with van der Waals surface area (Å²) in [4.78, 5) is 14.0. The van der Waals surface area contributed by atoms with Crippen molar-refractivity contribution in [2.75, 3.05) is 6.54 Å². The number of rotatable bonds is 3. The van der Waals surface area contributed by atoms with Gasteiger partial charge in [0, 0.05) is 12.5 Å². The molecule has 0 amide bonds. The summed E-state index contributed by atoms with van der Waals surface area (Å²) in [6.45, 7) is 10.5. The smallest absolute Gasteiger partial charge is 0.329 e. The Morgan fingerprint density at radius 1 is 1.50 bits per heavy atom. The van der Waals surface area contributed by atoms with Gasteiger partial charge in [0.15, 0.2) is 0 Å². The number of ether oxygens (including phenoxy) is 1. The second kappa shape index (κ2) is 5.72. The standard InChI is InChI=1S/C14H26N2O2/c1-6-10(2)12(15)16-9-7-8-11(16)13(17)18-14(3,4)5/h10-11,15H,6-9H2,1-5H3. The van der Waals surface area contributed by atoms with Gasteiger partial charge in [0.1, 0.15) is 11.6 Å². The first-order valence-electron chi connectivity index (χ1n) is 6.84. The van der Waals surface area contributed by atoms with E-state index in [0.29, 0.717) is 5.84 Å². The molecule has 1 fully saturated rings. The van der Waals surface area contributed by atoms with Crippen LogP contribution < -0.4 is 0 Å². The summed E-state index contributed by atoms with van der Waals surface area (Å²) in [6, 6.07) is -0.259. The van der Waals surface area contributed by atoms with Crippen molar-refractivity contribution in [3.63, 3.8) is 0 Å². The minimum absolute atomic E-state index is 0.187. The van der Waals surface area contributed by atoms with Crippen LogP contribution in [0.15, 0.2) is 0 Å². The van der Waals surface area contributed by atoms with Crippen LogP contribution in [0.25, 0.3) is 0 Å². The molecule has 4 nitrogen and oxygen atoms in total. The molecule has 1 aliphatic heterocycles. The average Bonchev–Trinajstić information content (AvgIpc) is 2.73. The van der Waals surface area contributed by atoms with Gasteiger partial charge in [0.25, 0.3) is 0 Å². The van der Waals surface area contributed by atoms with E-state index >= 15 is 0 Å². The molecule has 2 unspecified atom stereocenters. The summed E-state index contributed by atoms with van der Waals surface area (Å²) in [5, 5.41) is 8.16. The van der Waals surface area contributed by atoms with Gasteiger partial charge in [-0.05, 0) is 40.0 Å². The van der Waals surface area contributed by atoms with E-state index in [1.165, 1.54) is 0 Å². The number of carbonyl (C=O) groups excluding carboxylic acids is 1. The summed E-state index contributed by atoms with van der Waals surface area (Å²) in [6.07, 6.45) is 2.69. The van der Waals surface area contributed by atoms with E-state index in [1.54, 1.807) is 0 Å². The molecular formula is C14H26N2O2. The van der Waals surface area contributed by atoms with Gasteiger partial charge in [0.2, 0.25) is 0 Å². The molecule has 0 aromatic carbocycles. The lowest BCUT2D eigenvalue weighted by molar-refractivity contribution is -0.159. The summed E-state index contributed by atoms with van der Waals surface area (Å²) in [5.74, 6) is 0.590. The number of esters is 1. The zero-order valence-corrected chi connectivity index (χ0v) is 12.2. The maximum absolute atomic E-state index is 12.1. The van der Waals surface area contributed by atoms with Crippen molar-refractivity contribution in [2.24, 2.45) is 5.92 Å². The fourth-order valence-electron chi connectivity index (χ4n) is 2.15. The van der Waals surface area contributed by atoms with Gasteiger partial charge in [-0.2, -0.15) is 0 Å². The molecule has 0 spiro atoms. The van der Waals surface area contributed by atoms with Crippen molar-refractivity contribution in [2.45, 2.75) is 65.5 Å². The van der Waals surface area contributed by atoms with Crippen molar-refractivity contribution in [3.05, 3.63) is 0 Å². The lowest BCUT2D eigenvalue weighted by Gasteiger charge is -2.30. The van der Waals surface area contributed by atoms with E-state index in [2.05, 4.69) is 6.92 Å². The van der Waals surface area contributed by atoms with Crippen molar-refractivity contribution >= 4 is 11.8 Å². The maximum atomic E-state index is 12.1. The normalized spacial score (nSPS) is 21.8. The highest BCUT2D eigenvalue weighted by Crippen LogP contribution is 2.23. The molecule has 0 aliphatic carbocycles. The molecule has 4 heteroatoms. The molecule has 1 N–H and O–H groups in total. The van der Waals surface area contributed by atoms with E-state index in [0.717, 1.165) is 25.8 Å².